The zero-order chi connectivity index (χ0) is 9.41. The maximum Gasteiger partial charge on any atom is 0.00873 e. The Kier molecular flexibility index (Phi) is 2.72. The average molecular weight is 276 g/mol. The molecule has 0 N–H and O–H groups in total. The molecular weight excluding hydrogens is 259 g/mol. The second-order valence-corrected chi connectivity index (χ2v) is 6.04. The van der Waals surface area contributed by atoms with E-state index in [0.29, 0.717) is 10.8 Å². The Bertz CT molecular complexity index is 230. The molecule has 1 atom stereocenters. The van der Waals surface area contributed by atoms with Gasteiger partial charge in [-0.3, -0.25) is 0 Å². The summed E-state index contributed by atoms with van der Waals surface area (Å²) in [7, 11) is 0. The van der Waals surface area contributed by atoms with Crippen LogP contribution in [0.1, 0.15) is 34.1 Å². The lowest BCUT2D eigenvalue weighted by atomic mass is 9.65. The van der Waals surface area contributed by atoms with E-state index in [0.717, 1.165) is 0 Å². The third-order valence-corrected chi connectivity index (χ3v) is 3.84. The van der Waals surface area contributed by atoms with Crippen molar-refractivity contribution in [2.45, 2.75) is 34.1 Å². The molecule has 68 valence electrons. The zero-order valence-corrected chi connectivity index (χ0v) is 10.5. The second kappa shape index (κ2) is 3.17. The Labute approximate surface area is 89.3 Å². The van der Waals surface area contributed by atoms with E-state index in [1.165, 1.54) is 10.0 Å². The summed E-state index contributed by atoms with van der Waals surface area (Å²) in [5.41, 5.74) is 0.693. The third-order valence-electron chi connectivity index (χ3n) is 3.04. The number of halogens is 1. The van der Waals surface area contributed by atoms with Gasteiger partial charge in [0, 0.05) is 3.58 Å². The molecule has 0 aromatic rings. The van der Waals surface area contributed by atoms with Crippen molar-refractivity contribution < 1.29 is 0 Å². The summed E-state index contributed by atoms with van der Waals surface area (Å²) in [6.45, 7) is 9.26. The second-order valence-electron chi connectivity index (χ2n) is 4.79. The highest BCUT2D eigenvalue weighted by Gasteiger charge is 2.35. The van der Waals surface area contributed by atoms with Gasteiger partial charge in [-0.15, -0.1) is 0 Å². The summed E-state index contributed by atoms with van der Waals surface area (Å²) >= 11 is 2.38. The molecule has 1 rings (SSSR count). The highest BCUT2D eigenvalue weighted by Crippen LogP contribution is 2.45. The molecule has 0 bridgehead atoms. The summed E-state index contributed by atoms with van der Waals surface area (Å²) in [6, 6.07) is 0. The molecule has 0 amide bonds. The first-order valence-electron chi connectivity index (χ1n) is 4.40. The lowest BCUT2D eigenvalue weighted by molar-refractivity contribution is 0.170. The van der Waals surface area contributed by atoms with E-state index in [1.807, 2.05) is 0 Å². The molecule has 0 saturated heterocycles. The summed E-state index contributed by atoms with van der Waals surface area (Å²) in [6.07, 6.45) is 8.08. The summed E-state index contributed by atoms with van der Waals surface area (Å²) in [4.78, 5) is 0. The van der Waals surface area contributed by atoms with Crippen molar-refractivity contribution in [1.29, 1.82) is 0 Å². The van der Waals surface area contributed by atoms with Crippen LogP contribution in [0.4, 0.5) is 0 Å². The van der Waals surface area contributed by atoms with E-state index >= 15 is 0 Å². The summed E-state index contributed by atoms with van der Waals surface area (Å²) < 4.78 is 1.37. The summed E-state index contributed by atoms with van der Waals surface area (Å²) in [5, 5.41) is 0. The molecular formula is C11H17I. The average Bonchev–Trinajstić information content (AvgIpc) is 1.93. The lowest BCUT2D eigenvalue weighted by Crippen LogP contribution is -2.31. The largest absolute Gasteiger partial charge is 0.0767 e. The van der Waals surface area contributed by atoms with Crippen LogP contribution >= 0.6 is 22.6 Å². The van der Waals surface area contributed by atoms with Crippen molar-refractivity contribution in [1.82, 2.24) is 0 Å². The fourth-order valence-corrected chi connectivity index (χ4v) is 1.67. The van der Waals surface area contributed by atoms with Crippen LogP contribution in [0.5, 0.6) is 0 Å². The highest BCUT2D eigenvalue weighted by atomic mass is 127. The molecule has 0 nitrogen and oxygen atoms in total. The van der Waals surface area contributed by atoms with E-state index in [-0.39, 0.29) is 0 Å². The first-order valence-corrected chi connectivity index (χ1v) is 5.48. The first kappa shape index (κ1) is 10.3. The molecule has 0 fully saturated rings. The van der Waals surface area contributed by atoms with Crippen molar-refractivity contribution in [2.24, 2.45) is 10.8 Å². The van der Waals surface area contributed by atoms with Crippen molar-refractivity contribution in [2.75, 3.05) is 0 Å². The quantitative estimate of drug-likeness (QED) is 0.578. The maximum atomic E-state index is 2.38. The van der Waals surface area contributed by atoms with Gasteiger partial charge in [0.15, 0.2) is 0 Å². The molecule has 0 radical (unpaired) electrons. The third kappa shape index (κ3) is 1.93. The van der Waals surface area contributed by atoms with Crippen LogP contribution in [0.25, 0.3) is 0 Å². The standard InChI is InChI=1S/C11H17I/c1-10(2,3)11(4)7-5-9(12)6-8-11/h5-7H,8H2,1-4H3. The first-order chi connectivity index (χ1) is 5.35. The molecule has 0 saturated carbocycles. The number of allylic oxidation sites excluding steroid dienone is 4. The van der Waals surface area contributed by atoms with Gasteiger partial charge in [0.05, 0.1) is 0 Å². The fourth-order valence-electron chi connectivity index (χ4n) is 1.27. The van der Waals surface area contributed by atoms with Crippen LogP contribution in [-0.2, 0) is 0 Å². The Morgan fingerprint density at radius 2 is 2.00 bits per heavy atom. The minimum Gasteiger partial charge on any atom is -0.0767 e. The Morgan fingerprint density at radius 3 is 2.33 bits per heavy atom. The van der Waals surface area contributed by atoms with Crippen molar-refractivity contribution >= 4 is 22.6 Å². The van der Waals surface area contributed by atoms with Gasteiger partial charge >= 0.3 is 0 Å². The predicted molar refractivity (Wildman–Crippen MR) is 63.4 cm³/mol. The van der Waals surface area contributed by atoms with Crippen LogP contribution in [0, 0.1) is 10.8 Å². The molecule has 1 aliphatic rings. The van der Waals surface area contributed by atoms with Crippen LogP contribution in [0.3, 0.4) is 0 Å². The van der Waals surface area contributed by atoms with Crippen LogP contribution in [0.2, 0.25) is 0 Å². The van der Waals surface area contributed by atoms with Gasteiger partial charge in [-0.1, -0.05) is 45.9 Å². The number of rotatable bonds is 0. The van der Waals surface area contributed by atoms with E-state index in [4.69, 9.17) is 0 Å². The topological polar surface area (TPSA) is 0 Å². The van der Waals surface area contributed by atoms with Crippen LogP contribution in [0.15, 0.2) is 21.8 Å². The molecule has 0 aromatic carbocycles. The molecule has 1 heteroatoms. The normalized spacial score (nSPS) is 30.2. The fraction of sp³-hybridized carbons (Fsp3) is 0.636. The van der Waals surface area contributed by atoms with Crippen molar-refractivity contribution in [3.05, 3.63) is 21.8 Å². The minimum atomic E-state index is 0.335. The van der Waals surface area contributed by atoms with Crippen LogP contribution < -0.4 is 0 Å². The Morgan fingerprint density at radius 1 is 1.42 bits per heavy atom. The Hall–Kier alpha value is 0.210. The van der Waals surface area contributed by atoms with E-state index < -0.39 is 0 Å². The van der Waals surface area contributed by atoms with E-state index in [2.05, 4.69) is 68.5 Å². The molecule has 0 heterocycles. The van der Waals surface area contributed by atoms with Crippen LogP contribution in [-0.4, -0.2) is 0 Å². The number of hydrogen-bond acceptors (Lipinski definition) is 0. The van der Waals surface area contributed by atoms with Crippen molar-refractivity contribution in [3.8, 4) is 0 Å². The Balaban J connectivity index is 2.86. The van der Waals surface area contributed by atoms with Gasteiger partial charge in [0.25, 0.3) is 0 Å². The number of hydrogen-bond donors (Lipinski definition) is 0. The molecule has 0 spiro atoms. The molecule has 1 aliphatic carbocycles. The smallest absolute Gasteiger partial charge is 0.00873 e. The zero-order valence-electron chi connectivity index (χ0n) is 8.32. The molecule has 0 aliphatic heterocycles. The highest BCUT2D eigenvalue weighted by molar-refractivity contribution is 14.1. The van der Waals surface area contributed by atoms with E-state index in [9.17, 15) is 0 Å². The SMILES string of the molecule is CC(C)(C)C1(C)C=CC(I)=CC1. The van der Waals surface area contributed by atoms with Gasteiger partial charge in [-0.25, -0.2) is 0 Å². The van der Waals surface area contributed by atoms with Gasteiger partial charge in [0.1, 0.15) is 0 Å². The molecule has 1 unspecified atom stereocenters. The van der Waals surface area contributed by atoms with Crippen molar-refractivity contribution in [3.63, 3.8) is 0 Å². The molecule has 0 aromatic heterocycles. The molecule has 12 heavy (non-hydrogen) atoms. The van der Waals surface area contributed by atoms with Gasteiger partial charge in [-0.05, 0) is 39.8 Å². The van der Waals surface area contributed by atoms with E-state index in [1.54, 1.807) is 0 Å². The summed E-state index contributed by atoms with van der Waals surface area (Å²) in [5.74, 6) is 0. The van der Waals surface area contributed by atoms with Gasteiger partial charge in [-0.2, -0.15) is 0 Å². The lowest BCUT2D eigenvalue weighted by Gasteiger charge is -2.40. The monoisotopic (exact) mass is 276 g/mol. The predicted octanol–water partition coefficient (Wildman–Crippen LogP) is 4.32. The van der Waals surface area contributed by atoms with Gasteiger partial charge in [0.2, 0.25) is 0 Å². The minimum absolute atomic E-state index is 0.335. The van der Waals surface area contributed by atoms with Gasteiger partial charge < -0.3 is 0 Å². The maximum absolute atomic E-state index is 2.38.